The maximum Gasteiger partial charge on any atom is 0.145 e. The molecule has 11 heteroatoms. The van der Waals surface area contributed by atoms with Gasteiger partial charge in [-0.1, -0.05) is 95.5 Å². The van der Waals surface area contributed by atoms with Crippen LogP contribution in [0.4, 0.5) is 34.1 Å². The number of thiazole rings is 2. The van der Waals surface area contributed by atoms with E-state index in [9.17, 15) is 0 Å². The number of anilines is 6. The maximum atomic E-state index is 5.12. The summed E-state index contributed by atoms with van der Waals surface area (Å²) in [5.74, 6) is 0. The van der Waals surface area contributed by atoms with E-state index in [2.05, 4.69) is 253 Å². The minimum atomic E-state index is 0.842. The second-order valence-electron chi connectivity index (χ2n) is 18.6. The van der Waals surface area contributed by atoms with Crippen LogP contribution in [-0.4, -0.2) is 34.1 Å². The van der Waals surface area contributed by atoms with E-state index in [1.165, 1.54) is 0 Å². The molecule has 9 nitrogen and oxygen atoms in total. The van der Waals surface area contributed by atoms with E-state index in [0.29, 0.717) is 0 Å². The quantitative estimate of drug-likeness (QED) is 0.135. The Morgan fingerprint density at radius 2 is 0.684 bits per heavy atom. The molecule has 0 saturated heterocycles. The number of fused-ring (bicyclic) bond motifs is 8. The van der Waals surface area contributed by atoms with Crippen molar-refractivity contribution in [2.24, 2.45) is 0 Å². The summed E-state index contributed by atoms with van der Waals surface area (Å²) in [6.07, 6.45) is 7.69. The van der Waals surface area contributed by atoms with Crippen molar-refractivity contribution in [1.82, 2.24) is 34.1 Å². The van der Waals surface area contributed by atoms with E-state index in [4.69, 9.17) is 15.0 Å². The van der Waals surface area contributed by atoms with Crippen molar-refractivity contribution in [3.05, 3.63) is 249 Å². The fourth-order valence-electron chi connectivity index (χ4n) is 10.7. The van der Waals surface area contributed by atoms with Crippen molar-refractivity contribution in [3.63, 3.8) is 0 Å². The molecule has 0 spiro atoms. The first-order valence-electron chi connectivity index (χ1n) is 25.0. The minimum Gasteiger partial charge on any atom is -0.310 e. The molecule has 15 aromatic rings. The van der Waals surface area contributed by atoms with Gasteiger partial charge in [-0.2, -0.15) is 0 Å². The minimum absolute atomic E-state index is 0.842. The molecular formula is C65H41N9S2. The first-order valence-corrected chi connectivity index (χ1v) is 26.7. The number of nitrogens with zero attached hydrogens (tertiary/aromatic N) is 9. The molecule has 7 heterocycles. The summed E-state index contributed by atoms with van der Waals surface area (Å²) in [5.41, 5.74) is 16.8. The van der Waals surface area contributed by atoms with E-state index in [-0.39, 0.29) is 0 Å². The zero-order valence-corrected chi connectivity index (χ0v) is 42.1. The van der Waals surface area contributed by atoms with Gasteiger partial charge in [0.15, 0.2) is 0 Å². The molecule has 0 radical (unpaired) electrons. The van der Waals surface area contributed by atoms with E-state index < -0.39 is 0 Å². The topological polar surface area (TPSA) is 80.8 Å². The average Bonchev–Trinajstić information content (AvgIpc) is 4.32. The lowest BCUT2D eigenvalue weighted by atomic mass is 10.1. The summed E-state index contributed by atoms with van der Waals surface area (Å²) >= 11 is 3.22. The molecule has 0 bridgehead atoms. The molecule has 0 amide bonds. The molecule has 0 aliphatic rings. The Morgan fingerprint density at radius 1 is 0.316 bits per heavy atom. The number of hydrogen-bond acceptors (Lipinski definition) is 9. The normalized spacial score (nSPS) is 11.7. The summed E-state index contributed by atoms with van der Waals surface area (Å²) in [6, 6.07) is 79.1. The third kappa shape index (κ3) is 7.39. The molecule has 0 aliphatic heterocycles. The van der Waals surface area contributed by atoms with E-state index in [1.54, 1.807) is 22.7 Å². The number of hydrogen-bond donors (Lipinski definition) is 0. The number of benzene rings is 8. The lowest BCUT2D eigenvalue weighted by Gasteiger charge is -2.25. The van der Waals surface area contributed by atoms with Crippen LogP contribution in [0.15, 0.2) is 249 Å². The van der Waals surface area contributed by atoms with Gasteiger partial charge in [0, 0.05) is 103 Å². The van der Waals surface area contributed by atoms with E-state index in [0.717, 1.165) is 131 Å². The molecule has 0 aliphatic carbocycles. The van der Waals surface area contributed by atoms with Crippen LogP contribution in [0.1, 0.15) is 0 Å². The van der Waals surface area contributed by atoms with Crippen LogP contribution in [-0.2, 0) is 0 Å². The van der Waals surface area contributed by atoms with Crippen LogP contribution >= 0.6 is 22.7 Å². The molecule has 0 fully saturated rings. The van der Waals surface area contributed by atoms with Gasteiger partial charge in [0.2, 0.25) is 0 Å². The molecular weight excluding hydrogens is 971 g/mol. The summed E-state index contributed by atoms with van der Waals surface area (Å²) in [7, 11) is 0. The van der Waals surface area contributed by atoms with Crippen molar-refractivity contribution in [2.75, 3.05) is 9.80 Å². The lowest BCUT2D eigenvalue weighted by molar-refractivity contribution is 1.17. The van der Waals surface area contributed by atoms with Gasteiger partial charge >= 0.3 is 0 Å². The van der Waals surface area contributed by atoms with Crippen molar-refractivity contribution < 1.29 is 0 Å². The third-order valence-electron chi connectivity index (χ3n) is 14.2. The molecule has 15 rings (SSSR count). The van der Waals surface area contributed by atoms with E-state index in [1.807, 2.05) is 24.8 Å². The Labute approximate surface area is 444 Å². The predicted octanol–water partition coefficient (Wildman–Crippen LogP) is 17.6. The van der Waals surface area contributed by atoms with Crippen LogP contribution in [0.5, 0.6) is 0 Å². The highest BCUT2D eigenvalue weighted by Crippen LogP contribution is 2.43. The van der Waals surface area contributed by atoms with Gasteiger partial charge in [0.25, 0.3) is 0 Å². The second kappa shape index (κ2) is 18.0. The van der Waals surface area contributed by atoms with Crippen molar-refractivity contribution in [1.29, 1.82) is 0 Å². The summed E-state index contributed by atoms with van der Waals surface area (Å²) in [6.45, 7) is 0. The van der Waals surface area contributed by atoms with Crippen LogP contribution in [0, 0.1) is 0 Å². The van der Waals surface area contributed by atoms with Crippen LogP contribution in [0.2, 0.25) is 0 Å². The smallest absolute Gasteiger partial charge is 0.145 e. The predicted molar refractivity (Wildman–Crippen MR) is 315 cm³/mol. The first-order chi connectivity index (χ1) is 37.7. The average molecular weight is 1010 g/mol. The number of rotatable bonds is 10. The van der Waals surface area contributed by atoms with Gasteiger partial charge in [-0.05, 0) is 152 Å². The largest absolute Gasteiger partial charge is 0.310 e. The molecule has 76 heavy (non-hydrogen) atoms. The van der Waals surface area contributed by atoms with Crippen LogP contribution < -0.4 is 9.80 Å². The van der Waals surface area contributed by atoms with Gasteiger partial charge in [0.1, 0.15) is 30.7 Å². The second-order valence-corrected chi connectivity index (χ2v) is 20.6. The van der Waals surface area contributed by atoms with Crippen molar-refractivity contribution >= 4 is 121 Å². The molecule has 0 saturated carbocycles. The van der Waals surface area contributed by atoms with Crippen molar-refractivity contribution in [3.8, 4) is 32.5 Å². The third-order valence-corrected chi connectivity index (χ3v) is 16.2. The number of para-hydroxylation sites is 4. The van der Waals surface area contributed by atoms with Gasteiger partial charge in [-0.3, -0.25) is 9.97 Å². The van der Waals surface area contributed by atoms with Crippen LogP contribution in [0.25, 0.3) is 96.8 Å². The maximum absolute atomic E-state index is 5.12. The Kier molecular flexibility index (Phi) is 10.4. The molecule has 8 aromatic carbocycles. The van der Waals surface area contributed by atoms with E-state index >= 15 is 0 Å². The fraction of sp³-hybridized carbons (Fsp3) is 0. The highest BCUT2D eigenvalue weighted by atomic mass is 32.1. The number of aromatic nitrogens is 7. The van der Waals surface area contributed by atoms with Gasteiger partial charge in [-0.15, -0.1) is 0 Å². The Morgan fingerprint density at radius 3 is 1.07 bits per heavy atom. The Bertz CT molecular complexity index is 4210. The molecule has 0 atom stereocenters. The summed E-state index contributed by atoms with van der Waals surface area (Å²) in [5, 5.41) is 6.30. The molecule has 7 aromatic heterocycles. The molecule has 0 N–H and O–H groups in total. The lowest BCUT2D eigenvalue weighted by Crippen LogP contribution is -2.09. The Balaban J connectivity index is 0.718. The fourth-order valence-corrected chi connectivity index (χ4v) is 12.6. The van der Waals surface area contributed by atoms with Gasteiger partial charge in [-0.25, -0.2) is 15.0 Å². The SMILES string of the molecule is c1ccc(N(c2ccccc2)c2ccc3c(c2)c2cnccc2n3-c2ccc(-c3nc4cc5nc(-c6ccc(-n7c8ccncc8c8cc(N(c9ccccc9)c9ccccc9)ccc87)cc6)sc5nc4s3)cc2)cc1. The van der Waals surface area contributed by atoms with Gasteiger partial charge in [0.05, 0.1) is 22.1 Å². The number of pyridine rings is 3. The zero-order valence-electron chi connectivity index (χ0n) is 40.5. The van der Waals surface area contributed by atoms with Crippen LogP contribution in [0.3, 0.4) is 0 Å². The molecule has 0 unspecified atom stereocenters. The van der Waals surface area contributed by atoms with Gasteiger partial charge < -0.3 is 18.9 Å². The summed E-state index contributed by atoms with van der Waals surface area (Å²) in [4.78, 5) is 30.9. The zero-order chi connectivity index (χ0) is 50.1. The van der Waals surface area contributed by atoms with Crippen molar-refractivity contribution in [2.45, 2.75) is 0 Å². The monoisotopic (exact) mass is 1010 g/mol. The standard InChI is InChI=1S/C65H41N9S2/c1-5-13-44(14-6-1)71(45-15-7-2-8-16-45)50-29-31-58-52(37-50)54-40-66-35-33-60(54)73(58)48-25-21-42(22-26-48)62-68-56-39-57-65(70-64(56)75-62)76-63(69-57)43-23-27-49(28-24-43)74-59-32-30-51(38-53(59)55-41-67-36-34-61(55)74)72(46-17-9-3-10-18-46)47-19-11-4-12-20-47/h1-41H. The first kappa shape index (κ1) is 43.7. The summed E-state index contributed by atoms with van der Waals surface area (Å²) < 4.78 is 4.65. The molecule has 358 valence electrons. The highest BCUT2D eigenvalue weighted by Gasteiger charge is 2.21. The highest BCUT2D eigenvalue weighted by molar-refractivity contribution is 7.23. The Hall–Kier alpha value is -9.81.